The molecule has 0 unspecified atom stereocenters. The largest absolute Gasteiger partial charge is 0.372 e. The van der Waals surface area contributed by atoms with E-state index < -0.39 is 0 Å². The van der Waals surface area contributed by atoms with Crippen LogP contribution >= 0.6 is 0 Å². The van der Waals surface area contributed by atoms with Crippen LogP contribution in [0.25, 0.3) is 0 Å². The average molecular weight is 337 g/mol. The summed E-state index contributed by atoms with van der Waals surface area (Å²) in [5.74, 6) is 1.47. The lowest BCUT2D eigenvalue weighted by Crippen LogP contribution is -2.23. The zero-order valence-electron chi connectivity index (χ0n) is 15.4. The Balaban J connectivity index is 1.68. The Morgan fingerprint density at radius 2 is 1.68 bits per heavy atom. The number of anilines is 2. The third kappa shape index (κ3) is 4.78. The van der Waals surface area contributed by atoms with Gasteiger partial charge in [0, 0.05) is 30.5 Å². The third-order valence-electron chi connectivity index (χ3n) is 4.56. The molecule has 5 heteroatoms. The van der Waals surface area contributed by atoms with E-state index in [-0.39, 0.29) is 0 Å². The maximum atomic E-state index is 4.47. The first-order valence-corrected chi connectivity index (χ1v) is 9.10. The highest BCUT2D eigenvalue weighted by atomic mass is 15.3. The second kappa shape index (κ2) is 8.10. The molecule has 132 valence electrons. The molecule has 1 N–H and O–H groups in total. The van der Waals surface area contributed by atoms with E-state index in [1.807, 2.05) is 26.8 Å². The highest BCUT2D eigenvalue weighted by Crippen LogP contribution is 2.20. The maximum Gasteiger partial charge on any atom is 0.150 e. The van der Waals surface area contributed by atoms with Gasteiger partial charge in [-0.15, -0.1) is 0 Å². The van der Waals surface area contributed by atoms with E-state index >= 15 is 0 Å². The van der Waals surface area contributed by atoms with Crippen LogP contribution in [0.2, 0.25) is 0 Å². The zero-order chi connectivity index (χ0) is 17.6. The Hall–Kier alpha value is -2.43. The first-order chi connectivity index (χ1) is 12.1. The zero-order valence-corrected chi connectivity index (χ0v) is 15.4. The molecule has 0 radical (unpaired) electrons. The molecule has 1 aromatic carbocycles. The number of benzene rings is 1. The summed E-state index contributed by atoms with van der Waals surface area (Å²) < 4.78 is 0. The SMILES string of the molecule is CC(=NNc1cc(C)nc(C)n1)c1ccc(N2CCCCCC2)cc1. The molecule has 25 heavy (non-hydrogen) atoms. The van der Waals surface area contributed by atoms with Gasteiger partial charge in [0.15, 0.2) is 0 Å². The highest BCUT2D eigenvalue weighted by Gasteiger charge is 2.10. The number of aryl methyl sites for hydroxylation is 2. The number of hydrazone groups is 1. The van der Waals surface area contributed by atoms with E-state index in [4.69, 9.17) is 0 Å². The molecule has 0 spiro atoms. The minimum Gasteiger partial charge on any atom is -0.372 e. The summed E-state index contributed by atoms with van der Waals surface area (Å²) in [5.41, 5.74) is 7.35. The molecule has 1 aromatic heterocycles. The van der Waals surface area contributed by atoms with E-state index in [0.717, 1.165) is 28.6 Å². The molecule has 0 saturated carbocycles. The Morgan fingerprint density at radius 1 is 1.00 bits per heavy atom. The van der Waals surface area contributed by atoms with Crippen molar-refractivity contribution in [2.24, 2.45) is 5.10 Å². The van der Waals surface area contributed by atoms with Crippen LogP contribution in [0.3, 0.4) is 0 Å². The Kier molecular flexibility index (Phi) is 5.64. The van der Waals surface area contributed by atoms with Gasteiger partial charge in [-0.05, 0) is 51.3 Å². The van der Waals surface area contributed by atoms with Crippen LogP contribution < -0.4 is 10.3 Å². The van der Waals surface area contributed by atoms with Crippen molar-refractivity contribution in [1.29, 1.82) is 0 Å². The molecular formula is C20H27N5. The van der Waals surface area contributed by atoms with Gasteiger partial charge in [0.25, 0.3) is 0 Å². The molecule has 0 amide bonds. The van der Waals surface area contributed by atoms with Gasteiger partial charge in [-0.1, -0.05) is 25.0 Å². The fourth-order valence-corrected chi connectivity index (χ4v) is 3.22. The summed E-state index contributed by atoms with van der Waals surface area (Å²) in [6, 6.07) is 10.6. The number of nitrogens with zero attached hydrogens (tertiary/aromatic N) is 4. The summed E-state index contributed by atoms with van der Waals surface area (Å²) in [6.07, 6.45) is 5.30. The van der Waals surface area contributed by atoms with Gasteiger partial charge in [0.2, 0.25) is 0 Å². The summed E-state index contributed by atoms with van der Waals surface area (Å²) >= 11 is 0. The fourth-order valence-electron chi connectivity index (χ4n) is 3.22. The molecule has 1 saturated heterocycles. The Morgan fingerprint density at radius 3 is 2.32 bits per heavy atom. The number of rotatable bonds is 4. The van der Waals surface area contributed by atoms with E-state index in [1.165, 1.54) is 44.5 Å². The molecule has 3 rings (SSSR count). The predicted octanol–water partition coefficient (Wildman–Crippen LogP) is 4.31. The first kappa shape index (κ1) is 17.4. The van der Waals surface area contributed by atoms with Gasteiger partial charge in [-0.25, -0.2) is 9.97 Å². The smallest absolute Gasteiger partial charge is 0.150 e. The lowest BCUT2D eigenvalue weighted by Gasteiger charge is -2.22. The van der Waals surface area contributed by atoms with Crippen molar-refractivity contribution in [2.45, 2.75) is 46.5 Å². The third-order valence-corrected chi connectivity index (χ3v) is 4.56. The van der Waals surface area contributed by atoms with E-state index in [2.05, 4.69) is 49.7 Å². The van der Waals surface area contributed by atoms with Crippen molar-refractivity contribution in [3.63, 3.8) is 0 Å². The predicted molar refractivity (Wildman–Crippen MR) is 104 cm³/mol. The summed E-state index contributed by atoms with van der Waals surface area (Å²) in [4.78, 5) is 11.1. The van der Waals surface area contributed by atoms with Crippen LogP contribution in [0.15, 0.2) is 35.4 Å². The van der Waals surface area contributed by atoms with Gasteiger partial charge in [-0.3, -0.25) is 5.43 Å². The van der Waals surface area contributed by atoms with Gasteiger partial charge in [-0.2, -0.15) is 5.10 Å². The highest BCUT2D eigenvalue weighted by molar-refractivity contribution is 5.99. The number of hydrogen-bond donors (Lipinski definition) is 1. The Bertz CT molecular complexity index is 708. The molecule has 0 aliphatic carbocycles. The number of aromatic nitrogens is 2. The van der Waals surface area contributed by atoms with Crippen molar-refractivity contribution < 1.29 is 0 Å². The average Bonchev–Trinajstić information content (AvgIpc) is 2.88. The molecular weight excluding hydrogens is 310 g/mol. The number of nitrogens with one attached hydrogen (secondary N) is 1. The lowest BCUT2D eigenvalue weighted by molar-refractivity contribution is 0.726. The lowest BCUT2D eigenvalue weighted by atomic mass is 10.1. The van der Waals surface area contributed by atoms with Crippen LogP contribution in [0.5, 0.6) is 0 Å². The van der Waals surface area contributed by atoms with E-state index in [9.17, 15) is 0 Å². The Labute approximate surface area is 150 Å². The van der Waals surface area contributed by atoms with Gasteiger partial charge in [0.1, 0.15) is 11.6 Å². The fraction of sp³-hybridized carbons (Fsp3) is 0.450. The van der Waals surface area contributed by atoms with Crippen molar-refractivity contribution >= 4 is 17.2 Å². The molecule has 1 aliphatic heterocycles. The summed E-state index contributed by atoms with van der Waals surface area (Å²) in [5, 5.41) is 4.47. The molecule has 2 aromatic rings. The van der Waals surface area contributed by atoms with Crippen LogP contribution in [0.4, 0.5) is 11.5 Å². The van der Waals surface area contributed by atoms with Gasteiger partial charge < -0.3 is 4.90 Å². The van der Waals surface area contributed by atoms with E-state index in [0.29, 0.717) is 0 Å². The topological polar surface area (TPSA) is 53.4 Å². The van der Waals surface area contributed by atoms with Crippen molar-refractivity contribution in [3.8, 4) is 0 Å². The molecule has 5 nitrogen and oxygen atoms in total. The normalized spacial score (nSPS) is 15.8. The molecule has 2 heterocycles. The van der Waals surface area contributed by atoms with Crippen LogP contribution in [-0.4, -0.2) is 28.8 Å². The minimum atomic E-state index is 0.727. The second-order valence-corrected chi connectivity index (χ2v) is 6.70. The maximum absolute atomic E-state index is 4.47. The monoisotopic (exact) mass is 337 g/mol. The van der Waals surface area contributed by atoms with Crippen LogP contribution in [0.1, 0.15) is 49.7 Å². The summed E-state index contributed by atoms with van der Waals surface area (Å²) in [6.45, 7) is 8.18. The minimum absolute atomic E-state index is 0.727. The number of hydrogen-bond acceptors (Lipinski definition) is 5. The van der Waals surface area contributed by atoms with Crippen LogP contribution in [-0.2, 0) is 0 Å². The summed E-state index contributed by atoms with van der Waals surface area (Å²) in [7, 11) is 0. The molecule has 0 bridgehead atoms. The van der Waals surface area contributed by atoms with Crippen LogP contribution in [0, 0.1) is 13.8 Å². The van der Waals surface area contributed by atoms with E-state index in [1.54, 1.807) is 0 Å². The first-order valence-electron chi connectivity index (χ1n) is 9.10. The molecule has 0 atom stereocenters. The second-order valence-electron chi connectivity index (χ2n) is 6.70. The van der Waals surface area contributed by atoms with Crippen molar-refractivity contribution in [2.75, 3.05) is 23.4 Å². The van der Waals surface area contributed by atoms with Gasteiger partial charge >= 0.3 is 0 Å². The molecule has 1 aliphatic rings. The van der Waals surface area contributed by atoms with Crippen molar-refractivity contribution in [1.82, 2.24) is 9.97 Å². The van der Waals surface area contributed by atoms with Gasteiger partial charge in [0.05, 0.1) is 5.71 Å². The standard InChI is InChI=1S/C20H27N5/c1-15-14-20(22-17(3)21-15)24-23-16(2)18-8-10-19(11-9-18)25-12-6-4-5-7-13-25/h8-11,14H,4-7,12-13H2,1-3H3,(H,21,22,24). The quantitative estimate of drug-likeness (QED) is 0.667. The van der Waals surface area contributed by atoms with Crippen molar-refractivity contribution in [3.05, 3.63) is 47.4 Å². The molecule has 1 fully saturated rings.